The third-order valence-electron chi connectivity index (χ3n) is 2.56. The molecule has 0 fully saturated rings. The highest BCUT2D eigenvalue weighted by molar-refractivity contribution is 7.18. The normalized spacial score (nSPS) is 10.1. The van der Waals surface area contributed by atoms with Crippen LogP contribution in [0.4, 0.5) is 10.7 Å². The number of hydrogen-bond donors (Lipinski definition) is 3. The molecule has 0 atom stereocenters. The average Bonchev–Trinajstić information content (AvgIpc) is 2.75. The van der Waals surface area contributed by atoms with Gasteiger partial charge in [0.05, 0.1) is 5.69 Å². The molecule has 0 bridgehead atoms. The maximum absolute atomic E-state index is 11.8. The predicted octanol–water partition coefficient (Wildman–Crippen LogP) is 1.79. The minimum absolute atomic E-state index is 0.242. The zero-order chi connectivity index (χ0) is 15.0. The van der Waals surface area contributed by atoms with Gasteiger partial charge >= 0.3 is 0 Å². The van der Waals surface area contributed by atoms with Crippen LogP contribution in [0.15, 0.2) is 0 Å². The summed E-state index contributed by atoms with van der Waals surface area (Å²) >= 11 is 1.21. The lowest BCUT2D eigenvalue weighted by Crippen LogP contribution is -2.22. The number of thiophene rings is 1. The number of amides is 1. The molecule has 0 radical (unpaired) electrons. The van der Waals surface area contributed by atoms with E-state index in [1.807, 2.05) is 19.9 Å². The maximum Gasteiger partial charge on any atom is 0.263 e. The molecule has 0 aliphatic carbocycles. The fourth-order valence-electron chi connectivity index (χ4n) is 1.61. The van der Waals surface area contributed by atoms with Gasteiger partial charge < -0.3 is 21.1 Å². The molecule has 0 aromatic carbocycles. The Labute approximate surface area is 122 Å². The van der Waals surface area contributed by atoms with E-state index in [-0.39, 0.29) is 11.6 Å². The van der Waals surface area contributed by atoms with Crippen LogP contribution in [-0.4, -0.2) is 32.2 Å². The Balaban J connectivity index is 2.73. The SMILES string of the molecule is CCNC(=O)c1sc(NCCCOCC)c(C#N)c1N. The zero-order valence-corrected chi connectivity index (χ0v) is 12.6. The van der Waals surface area contributed by atoms with Crippen molar-refractivity contribution in [1.29, 1.82) is 5.26 Å². The van der Waals surface area contributed by atoms with E-state index < -0.39 is 0 Å². The number of nitrogens with one attached hydrogen (secondary N) is 2. The van der Waals surface area contributed by atoms with Crippen LogP contribution in [-0.2, 0) is 4.74 Å². The van der Waals surface area contributed by atoms with Crippen molar-refractivity contribution in [1.82, 2.24) is 5.32 Å². The van der Waals surface area contributed by atoms with E-state index in [0.717, 1.165) is 6.42 Å². The number of nitrogen functional groups attached to an aromatic ring is 1. The van der Waals surface area contributed by atoms with Crippen LogP contribution >= 0.6 is 11.3 Å². The minimum Gasteiger partial charge on any atom is -0.396 e. The lowest BCUT2D eigenvalue weighted by molar-refractivity contribution is 0.0960. The molecule has 20 heavy (non-hydrogen) atoms. The first-order chi connectivity index (χ1) is 9.65. The van der Waals surface area contributed by atoms with Gasteiger partial charge in [0.2, 0.25) is 0 Å². The van der Waals surface area contributed by atoms with Crippen LogP contribution in [0.2, 0.25) is 0 Å². The fourth-order valence-corrected chi connectivity index (χ4v) is 2.62. The number of anilines is 2. The van der Waals surface area contributed by atoms with Crippen LogP contribution < -0.4 is 16.4 Å². The highest BCUT2D eigenvalue weighted by atomic mass is 32.1. The third kappa shape index (κ3) is 4.11. The molecule has 0 spiro atoms. The van der Waals surface area contributed by atoms with Gasteiger partial charge in [-0.05, 0) is 20.3 Å². The first-order valence-electron chi connectivity index (χ1n) is 6.57. The Morgan fingerprint density at radius 1 is 1.50 bits per heavy atom. The summed E-state index contributed by atoms with van der Waals surface area (Å²) in [7, 11) is 0. The second-order valence-corrected chi connectivity index (χ2v) is 5.02. The molecule has 1 rings (SSSR count). The molecular formula is C13H20N4O2S. The molecule has 0 saturated carbocycles. The Bertz CT molecular complexity index is 493. The summed E-state index contributed by atoms with van der Waals surface area (Å²) in [5, 5.41) is 15.6. The number of nitriles is 1. The minimum atomic E-state index is -0.242. The maximum atomic E-state index is 11.8. The first kappa shape index (κ1) is 16.3. The van der Waals surface area contributed by atoms with Crippen molar-refractivity contribution in [3.8, 4) is 6.07 Å². The van der Waals surface area contributed by atoms with E-state index >= 15 is 0 Å². The zero-order valence-electron chi connectivity index (χ0n) is 11.8. The summed E-state index contributed by atoms with van der Waals surface area (Å²) in [6, 6.07) is 2.04. The molecule has 0 unspecified atom stereocenters. The Hall–Kier alpha value is -1.78. The number of nitrogens with zero attached hydrogens (tertiary/aromatic N) is 1. The third-order valence-corrected chi connectivity index (χ3v) is 3.72. The van der Waals surface area contributed by atoms with Crippen molar-refractivity contribution in [2.24, 2.45) is 0 Å². The van der Waals surface area contributed by atoms with Crippen LogP contribution in [0.3, 0.4) is 0 Å². The van der Waals surface area contributed by atoms with Gasteiger partial charge in [-0.3, -0.25) is 4.79 Å². The smallest absolute Gasteiger partial charge is 0.263 e. The van der Waals surface area contributed by atoms with E-state index in [4.69, 9.17) is 15.7 Å². The highest BCUT2D eigenvalue weighted by Gasteiger charge is 2.20. The quantitative estimate of drug-likeness (QED) is 0.635. The Morgan fingerprint density at radius 3 is 2.85 bits per heavy atom. The summed E-state index contributed by atoms with van der Waals surface area (Å²) < 4.78 is 5.24. The van der Waals surface area contributed by atoms with Crippen molar-refractivity contribution in [2.75, 3.05) is 37.4 Å². The summed E-state index contributed by atoms with van der Waals surface area (Å²) in [4.78, 5) is 12.2. The Kier molecular flexibility index (Phi) is 6.84. The van der Waals surface area contributed by atoms with Gasteiger partial charge in [-0.1, -0.05) is 0 Å². The number of carbonyl (C=O) groups excluding carboxylic acids is 1. The number of rotatable bonds is 8. The molecule has 110 valence electrons. The van der Waals surface area contributed by atoms with Gasteiger partial charge in [0.25, 0.3) is 5.91 Å². The number of ether oxygens (including phenoxy) is 1. The number of carbonyl (C=O) groups is 1. The van der Waals surface area contributed by atoms with Gasteiger partial charge in [-0.2, -0.15) is 5.26 Å². The van der Waals surface area contributed by atoms with Crippen molar-refractivity contribution < 1.29 is 9.53 Å². The highest BCUT2D eigenvalue weighted by Crippen LogP contribution is 2.34. The topological polar surface area (TPSA) is 100 Å². The second kappa shape index (κ2) is 8.40. The predicted molar refractivity (Wildman–Crippen MR) is 81.1 cm³/mol. The van der Waals surface area contributed by atoms with Gasteiger partial charge in [0.1, 0.15) is 21.5 Å². The molecule has 7 heteroatoms. The number of nitrogens with two attached hydrogens (primary N) is 1. The summed E-state index contributed by atoms with van der Waals surface area (Å²) in [6.45, 7) is 6.32. The molecule has 0 aliphatic rings. The van der Waals surface area contributed by atoms with Crippen molar-refractivity contribution in [2.45, 2.75) is 20.3 Å². The fraction of sp³-hybridized carbons (Fsp3) is 0.538. The van der Waals surface area contributed by atoms with Crippen molar-refractivity contribution in [3.63, 3.8) is 0 Å². The molecule has 1 aromatic rings. The lowest BCUT2D eigenvalue weighted by atomic mass is 10.2. The molecule has 1 heterocycles. The molecule has 0 aliphatic heterocycles. The summed E-state index contributed by atoms with van der Waals surface area (Å²) in [5.41, 5.74) is 6.45. The van der Waals surface area contributed by atoms with Gasteiger partial charge in [0, 0.05) is 26.3 Å². The lowest BCUT2D eigenvalue weighted by Gasteiger charge is -2.04. The molecule has 0 saturated heterocycles. The van der Waals surface area contributed by atoms with Crippen LogP contribution in [0.5, 0.6) is 0 Å². The standard InChI is InChI=1S/C13H20N4O2S/c1-3-16-12(18)11-10(15)9(8-14)13(20-11)17-6-5-7-19-4-2/h17H,3-7,15H2,1-2H3,(H,16,18). The molecular weight excluding hydrogens is 276 g/mol. The Morgan fingerprint density at radius 2 is 2.25 bits per heavy atom. The first-order valence-corrected chi connectivity index (χ1v) is 7.39. The van der Waals surface area contributed by atoms with E-state index in [9.17, 15) is 4.79 Å². The van der Waals surface area contributed by atoms with Gasteiger partial charge in [0.15, 0.2) is 0 Å². The van der Waals surface area contributed by atoms with E-state index in [1.54, 1.807) is 0 Å². The summed E-state index contributed by atoms with van der Waals surface area (Å²) in [5.74, 6) is -0.242. The largest absolute Gasteiger partial charge is 0.396 e. The van der Waals surface area contributed by atoms with Crippen LogP contribution in [0, 0.1) is 11.3 Å². The molecule has 6 nitrogen and oxygen atoms in total. The van der Waals surface area contributed by atoms with Crippen LogP contribution in [0.25, 0.3) is 0 Å². The molecule has 4 N–H and O–H groups in total. The molecule has 1 aromatic heterocycles. The molecule has 1 amide bonds. The van der Waals surface area contributed by atoms with E-state index in [0.29, 0.717) is 41.7 Å². The average molecular weight is 296 g/mol. The van der Waals surface area contributed by atoms with Crippen LogP contribution in [0.1, 0.15) is 35.5 Å². The second-order valence-electron chi connectivity index (χ2n) is 4.00. The van der Waals surface area contributed by atoms with E-state index in [2.05, 4.69) is 10.6 Å². The monoisotopic (exact) mass is 296 g/mol. The summed E-state index contributed by atoms with van der Waals surface area (Å²) in [6.07, 6.45) is 0.826. The van der Waals surface area contributed by atoms with Crippen molar-refractivity contribution >= 4 is 27.9 Å². The van der Waals surface area contributed by atoms with Crippen molar-refractivity contribution in [3.05, 3.63) is 10.4 Å². The van der Waals surface area contributed by atoms with Gasteiger partial charge in [-0.25, -0.2) is 0 Å². The number of hydrogen-bond acceptors (Lipinski definition) is 6. The van der Waals surface area contributed by atoms with Gasteiger partial charge in [-0.15, -0.1) is 11.3 Å². The van der Waals surface area contributed by atoms with E-state index in [1.165, 1.54) is 11.3 Å².